The standard InChI is InChI=1S/C16H27N/c1-4-13(5-2)11-17-16-10-15(16)14-8-6-12(3)7-9-14/h6,8-9,12-13,15-17H,4-5,7,10-11H2,1-3H3. The molecule has 1 nitrogen and oxygen atoms in total. The van der Waals surface area contributed by atoms with E-state index in [0.29, 0.717) is 0 Å². The number of hydrogen-bond acceptors (Lipinski definition) is 1. The van der Waals surface area contributed by atoms with Crippen LogP contribution in [0.3, 0.4) is 0 Å². The van der Waals surface area contributed by atoms with E-state index in [2.05, 4.69) is 44.3 Å². The van der Waals surface area contributed by atoms with E-state index in [1.54, 1.807) is 5.57 Å². The maximum atomic E-state index is 3.74. The van der Waals surface area contributed by atoms with Crippen LogP contribution in [-0.2, 0) is 0 Å². The van der Waals surface area contributed by atoms with Crippen LogP contribution in [-0.4, -0.2) is 12.6 Å². The third-order valence-corrected chi connectivity index (χ3v) is 4.38. The highest BCUT2D eigenvalue weighted by molar-refractivity contribution is 5.32. The van der Waals surface area contributed by atoms with Crippen molar-refractivity contribution in [1.82, 2.24) is 5.32 Å². The molecule has 0 aromatic rings. The van der Waals surface area contributed by atoms with Gasteiger partial charge in [-0.2, -0.15) is 0 Å². The summed E-state index contributed by atoms with van der Waals surface area (Å²) in [4.78, 5) is 0. The van der Waals surface area contributed by atoms with Crippen molar-refractivity contribution in [3.05, 3.63) is 23.8 Å². The predicted molar refractivity (Wildman–Crippen MR) is 75.0 cm³/mol. The van der Waals surface area contributed by atoms with Gasteiger partial charge in [-0.05, 0) is 36.8 Å². The lowest BCUT2D eigenvalue weighted by molar-refractivity contribution is 0.445. The fourth-order valence-electron chi connectivity index (χ4n) is 2.70. The zero-order valence-corrected chi connectivity index (χ0v) is 11.6. The van der Waals surface area contributed by atoms with E-state index in [1.807, 2.05) is 0 Å². The monoisotopic (exact) mass is 233 g/mol. The van der Waals surface area contributed by atoms with Crippen LogP contribution in [0, 0.1) is 17.8 Å². The Morgan fingerprint density at radius 3 is 2.71 bits per heavy atom. The van der Waals surface area contributed by atoms with Crippen LogP contribution in [0.1, 0.15) is 46.5 Å². The van der Waals surface area contributed by atoms with Crippen molar-refractivity contribution in [2.75, 3.05) is 6.54 Å². The fraction of sp³-hybridized carbons (Fsp3) is 0.750. The first-order valence-electron chi connectivity index (χ1n) is 7.36. The molecule has 0 spiro atoms. The lowest BCUT2D eigenvalue weighted by Crippen LogP contribution is -2.25. The topological polar surface area (TPSA) is 12.0 Å². The van der Waals surface area contributed by atoms with E-state index in [0.717, 1.165) is 23.8 Å². The average molecular weight is 233 g/mol. The van der Waals surface area contributed by atoms with Gasteiger partial charge in [0.15, 0.2) is 0 Å². The van der Waals surface area contributed by atoms with Gasteiger partial charge in [0.2, 0.25) is 0 Å². The van der Waals surface area contributed by atoms with Crippen LogP contribution in [0.5, 0.6) is 0 Å². The average Bonchev–Trinajstić information content (AvgIpc) is 3.11. The summed E-state index contributed by atoms with van der Waals surface area (Å²) in [5.41, 5.74) is 1.59. The number of nitrogens with one attached hydrogen (secondary N) is 1. The molecule has 3 atom stereocenters. The maximum absolute atomic E-state index is 3.74. The summed E-state index contributed by atoms with van der Waals surface area (Å²) in [6.45, 7) is 8.10. The van der Waals surface area contributed by atoms with Crippen LogP contribution in [0.15, 0.2) is 23.8 Å². The zero-order chi connectivity index (χ0) is 12.3. The van der Waals surface area contributed by atoms with Gasteiger partial charge >= 0.3 is 0 Å². The van der Waals surface area contributed by atoms with Crippen LogP contribution in [0.25, 0.3) is 0 Å². The van der Waals surface area contributed by atoms with Gasteiger partial charge in [-0.15, -0.1) is 0 Å². The van der Waals surface area contributed by atoms with Crippen molar-refractivity contribution < 1.29 is 0 Å². The first kappa shape index (κ1) is 12.9. The molecule has 0 heterocycles. The van der Waals surface area contributed by atoms with Crippen molar-refractivity contribution >= 4 is 0 Å². The summed E-state index contributed by atoms with van der Waals surface area (Å²) in [6, 6.07) is 0.764. The van der Waals surface area contributed by atoms with Gasteiger partial charge in [0.1, 0.15) is 0 Å². The molecule has 17 heavy (non-hydrogen) atoms. The van der Waals surface area contributed by atoms with Crippen molar-refractivity contribution in [2.45, 2.75) is 52.5 Å². The van der Waals surface area contributed by atoms with E-state index in [9.17, 15) is 0 Å². The van der Waals surface area contributed by atoms with E-state index in [-0.39, 0.29) is 0 Å². The molecule has 1 fully saturated rings. The Morgan fingerprint density at radius 1 is 1.35 bits per heavy atom. The molecular weight excluding hydrogens is 206 g/mol. The highest BCUT2D eigenvalue weighted by atomic mass is 15.0. The summed E-state index contributed by atoms with van der Waals surface area (Å²) < 4.78 is 0. The second-order valence-corrected chi connectivity index (χ2v) is 5.82. The summed E-state index contributed by atoms with van der Waals surface area (Å²) in [7, 11) is 0. The molecule has 1 heteroatoms. The molecule has 1 N–H and O–H groups in total. The largest absolute Gasteiger partial charge is 0.313 e. The Labute approximate surface area is 106 Å². The van der Waals surface area contributed by atoms with Gasteiger partial charge < -0.3 is 5.32 Å². The first-order valence-corrected chi connectivity index (χ1v) is 7.36. The molecule has 3 unspecified atom stereocenters. The Balaban J connectivity index is 1.72. The molecular formula is C16H27N. The van der Waals surface area contributed by atoms with Crippen molar-refractivity contribution in [3.63, 3.8) is 0 Å². The highest BCUT2D eigenvalue weighted by Crippen LogP contribution is 2.39. The molecule has 2 aliphatic carbocycles. The lowest BCUT2D eigenvalue weighted by atomic mass is 9.96. The smallest absolute Gasteiger partial charge is 0.0143 e. The Kier molecular flexibility index (Phi) is 4.44. The van der Waals surface area contributed by atoms with E-state index < -0.39 is 0 Å². The lowest BCUT2D eigenvalue weighted by Gasteiger charge is -2.14. The van der Waals surface area contributed by atoms with E-state index in [4.69, 9.17) is 0 Å². The molecule has 0 aliphatic heterocycles. The zero-order valence-electron chi connectivity index (χ0n) is 11.6. The minimum Gasteiger partial charge on any atom is -0.313 e. The van der Waals surface area contributed by atoms with Gasteiger partial charge in [-0.1, -0.05) is 51.8 Å². The van der Waals surface area contributed by atoms with Gasteiger partial charge in [0.25, 0.3) is 0 Å². The minimum absolute atomic E-state index is 0.744. The molecule has 0 radical (unpaired) electrons. The van der Waals surface area contributed by atoms with Gasteiger partial charge in [0.05, 0.1) is 0 Å². The van der Waals surface area contributed by atoms with Crippen LogP contribution in [0.2, 0.25) is 0 Å². The maximum Gasteiger partial charge on any atom is 0.0143 e. The normalized spacial score (nSPS) is 31.8. The van der Waals surface area contributed by atoms with E-state index in [1.165, 1.54) is 32.2 Å². The minimum atomic E-state index is 0.744. The summed E-state index contributed by atoms with van der Waals surface area (Å²) in [5, 5.41) is 3.74. The summed E-state index contributed by atoms with van der Waals surface area (Å²) in [6.07, 6.45) is 12.4. The number of rotatable bonds is 6. The van der Waals surface area contributed by atoms with Gasteiger partial charge in [-0.25, -0.2) is 0 Å². The summed E-state index contributed by atoms with van der Waals surface area (Å²) >= 11 is 0. The number of hydrogen-bond donors (Lipinski definition) is 1. The molecule has 0 aromatic heterocycles. The second kappa shape index (κ2) is 5.86. The molecule has 0 saturated heterocycles. The Morgan fingerprint density at radius 2 is 2.12 bits per heavy atom. The number of allylic oxidation sites excluding steroid dienone is 3. The Hall–Kier alpha value is -0.560. The van der Waals surface area contributed by atoms with Crippen LogP contribution >= 0.6 is 0 Å². The molecule has 96 valence electrons. The third kappa shape index (κ3) is 3.45. The Bertz CT molecular complexity index is 299. The van der Waals surface area contributed by atoms with Crippen molar-refractivity contribution in [3.8, 4) is 0 Å². The fourth-order valence-corrected chi connectivity index (χ4v) is 2.70. The quantitative estimate of drug-likeness (QED) is 0.733. The first-order chi connectivity index (χ1) is 8.24. The van der Waals surface area contributed by atoms with Crippen LogP contribution in [0.4, 0.5) is 0 Å². The second-order valence-electron chi connectivity index (χ2n) is 5.82. The van der Waals surface area contributed by atoms with Crippen molar-refractivity contribution in [1.29, 1.82) is 0 Å². The molecule has 1 saturated carbocycles. The molecule has 2 aliphatic rings. The molecule has 0 aromatic carbocycles. The van der Waals surface area contributed by atoms with Gasteiger partial charge in [0, 0.05) is 12.0 Å². The van der Waals surface area contributed by atoms with Crippen LogP contribution < -0.4 is 5.32 Å². The van der Waals surface area contributed by atoms with Crippen molar-refractivity contribution in [2.24, 2.45) is 17.8 Å². The summed E-state index contributed by atoms with van der Waals surface area (Å²) in [5.74, 6) is 2.42. The molecule has 0 amide bonds. The SMILES string of the molecule is CCC(CC)CNC1CC1C1=CCC(C)C=C1. The highest BCUT2D eigenvalue weighted by Gasteiger charge is 2.38. The predicted octanol–water partition coefficient (Wildman–Crippen LogP) is 3.92. The third-order valence-electron chi connectivity index (χ3n) is 4.38. The van der Waals surface area contributed by atoms with Gasteiger partial charge in [-0.3, -0.25) is 0 Å². The molecule has 2 rings (SSSR count). The molecule has 0 bridgehead atoms. The van der Waals surface area contributed by atoms with E-state index >= 15 is 0 Å².